The highest BCUT2D eigenvalue weighted by Crippen LogP contribution is 2.35. The Morgan fingerprint density at radius 1 is 0.968 bits per heavy atom. The maximum atomic E-state index is 13.5. The average molecular weight is 438 g/mol. The summed E-state index contributed by atoms with van der Waals surface area (Å²) >= 11 is 5.73. The van der Waals surface area contributed by atoms with Crippen molar-refractivity contribution in [1.29, 1.82) is 0 Å². The van der Waals surface area contributed by atoms with Crippen molar-refractivity contribution in [2.75, 3.05) is 11.9 Å². The van der Waals surface area contributed by atoms with Crippen LogP contribution in [0.2, 0.25) is 5.02 Å². The Balaban J connectivity index is 1.63. The highest BCUT2D eigenvalue weighted by molar-refractivity contribution is 6.31. The van der Waals surface area contributed by atoms with E-state index in [1.165, 1.54) is 12.1 Å². The summed E-state index contributed by atoms with van der Waals surface area (Å²) in [6.07, 6.45) is 0. The van der Waals surface area contributed by atoms with E-state index in [4.69, 9.17) is 11.6 Å². The first kappa shape index (κ1) is 20.6. The molecular formula is C23H17ClFN3O3. The van der Waals surface area contributed by atoms with Gasteiger partial charge in [0.2, 0.25) is 5.91 Å². The molecule has 0 unspecified atom stereocenters. The van der Waals surface area contributed by atoms with Crippen LogP contribution < -0.4 is 10.6 Å². The highest BCUT2D eigenvalue weighted by Gasteiger charge is 2.54. The SMILES string of the molecule is O=C(CN1C(=O)NC(c2ccccc2)(c2ccccc2)C1=O)Nc1ccc(F)c(Cl)c1. The molecule has 1 aliphatic rings. The minimum absolute atomic E-state index is 0.153. The molecule has 3 aromatic carbocycles. The second kappa shape index (κ2) is 8.20. The molecule has 3 aromatic rings. The summed E-state index contributed by atoms with van der Waals surface area (Å²) in [5.41, 5.74) is -0.0413. The predicted molar refractivity (Wildman–Crippen MR) is 114 cm³/mol. The van der Waals surface area contributed by atoms with Gasteiger partial charge in [0.15, 0.2) is 5.54 Å². The number of carbonyl (C=O) groups excluding carboxylic acids is 3. The number of carbonyl (C=O) groups is 3. The van der Waals surface area contributed by atoms with E-state index in [1.807, 2.05) is 12.1 Å². The number of imide groups is 1. The van der Waals surface area contributed by atoms with E-state index in [-0.39, 0.29) is 10.7 Å². The van der Waals surface area contributed by atoms with E-state index in [2.05, 4.69) is 10.6 Å². The van der Waals surface area contributed by atoms with Crippen LogP contribution in [-0.4, -0.2) is 29.3 Å². The predicted octanol–water partition coefficient (Wildman–Crippen LogP) is 3.91. The van der Waals surface area contributed by atoms with Crippen LogP contribution in [0.4, 0.5) is 14.9 Å². The number of benzene rings is 3. The zero-order chi connectivity index (χ0) is 22.0. The molecule has 2 N–H and O–H groups in total. The maximum absolute atomic E-state index is 13.5. The van der Waals surface area contributed by atoms with Crippen LogP contribution in [0.5, 0.6) is 0 Å². The summed E-state index contributed by atoms with van der Waals surface area (Å²) < 4.78 is 13.3. The third kappa shape index (κ3) is 3.75. The second-order valence-corrected chi connectivity index (χ2v) is 7.39. The number of rotatable bonds is 5. The van der Waals surface area contributed by atoms with Gasteiger partial charge in [0.05, 0.1) is 5.02 Å². The molecule has 0 bridgehead atoms. The molecule has 31 heavy (non-hydrogen) atoms. The molecule has 156 valence electrons. The van der Waals surface area contributed by atoms with Crippen LogP contribution in [0, 0.1) is 5.82 Å². The van der Waals surface area contributed by atoms with E-state index >= 15 is 0 Å². The van der Waals surface area contributed by atoms with Gasteiger partial charge in [-0.1, -0.05) is 72.3 Å². The van der Waals surface area contributed by atoms with Crippen molar-refractivity contribution in [2.24, 2.45) is 0 Å². The molecule has 8 heteroatoms. The molecule has 4 amide bonds. The lowest BCUT2D eigenvalue weighted by Gasteiger charge is -2.28. The highest BCUT2D eigenvalue weighted by atomic mass is 35.5. The molecular weight excluding hydrogens is 421 g/mol. The summed E-state index contributed by atoms with van der Waals surface area (Å²) in [7, 11) is 0. The second-order valence-electron chi connectivity index (χ2n) is 6.98. The summed E-state index contributed by atoms with van der Waals surface area (Å²) in [6.45, 7) is -0.513. The van der Waals surface area contributed by atoms with Crippen LogP contribution in [0.25, 0.3) is 0 Å². The molecule has 4 rings (SSSR count). The Labute approximate surface area is 182 Å². The number of nitrogens with zero attached hydrogens (tertiary/aromatic N) is 1. The number of hydrogen-bond donors (Lipinski definition) is 2. The summed E-state index contributed by atoms with van der Waals surface area (Å²) in [5.74, 6) is -1.81. The molecule has 0 aromatic heterocycles. The van der Waals surface area contributed by atoms with Crippen molar-refractivity contribution in [1.82, 2.24) is 10.2 Å². The third-order valence-electron chi connectivity index (χ3n) is 5.02. The maximum Gasteiger partial charge on any atom is 0.326 e. The van der Waals surface area contributed by atoms with Gasteiger partial charge in [0.25, 0.3) is 5.91 Å². The van der Waals surface area contributed by atoms with Gasteiger partial charge >= 0.3 is 6.03 Å². The first-order valence-electron chi connectivity index (χ1n) is 9.42. The molecule has 0 spiro atoms. The summed E-state index contributed by atoms with van der Waals surface area (Å²) in [4.78, 5) is 39.7. The average Bonchev–Trinajstić information content (AvgIpc) is 3.03. The molecule has 0 aliphatic carbocycles. The molecule has 1 heterocycles. The van der Waals surface area contributed by atoms with Crippen molar-refractivity contribution >= 4 is 35.1 Å². The van der Waals surface area contributed by atoms with Gasteiger partial charge in [-0.25, -0.2) is 9.18 Å². The zero-order valence-electron chi connectivity index (χ0n) is 16.1. The Kier molecular flexibility index (Phi) is 5.44. The normalized spacial score (nSPS) is 15.0. The summed E-state index contributed by atoms with van der Waals surface area (Å²) in [5, 5.41) is 5.14. The van der Waals surface area contributed by atoms with Gasteiger partial charge < -0.3 is 10.6 Å². The van der Waals surface area contributed by atoms with Gasteiger partial charge in [0, 0.05) is 5.69 Å². The molecule has 1 aliphatic heterocycles. The van der Waals surface area contributed by atoms with Gasteiger partial charge in [0.1, 0.15) is 12.4 Å². The van der Waals surface area contributed by atoms with E-state index < -0.39 is 35.7 Å². The fourth-order valence-corrected chi connectivity index (χ4v) is 3.75. The number of amides is 4. The van der Waals surface area contributed by atoms with Crippen LogP contribution >= 0.6 is 11.6 Å². The fourth-order valence-electron chi connectivity index (χ4n) is 3.57. The number of nitrogens with one attached hydrogen (secondary N) is 2. The minimum Gasteiger partial charge on any atom is -0.324 e. The molecule has 0 saturated carbocycles. The van der Waals surface area contributed by atoms with Crippen LogP contribution in [0.15, 0.2) is 78.9 Å². The van der Waals surface area contributed by atoms with Gasteiger partial charge in [-0.05, 0) is 29.3 Å². The Morgan fingerprint density at radius 3 is 2.10 bits per heavy atom. The van der Waals surface area contributed by atoms with E-state index in [0.29, 0.717) is 11.1 Å². The van der Waals surface area contributed by atoms with Crippen molar-refractivity contribution in [3.8, 4) is 0 Å². The Morgan fingerprint density at radius 2 is 1.55 bits per heavy atom. The fraction of sp³-hybridized carbons (Fsp3) is 0.0870. The molecule has 0 atom stereocenters. The number of anilines is 1. The van der Waals surface area contributed by atoms with Crippen molar-refractivity contribution < 1.29 is 18.8 Å². The lowest BCUT2D eigenvalue weighted by Crippen LogP contribution is -2.45. The van der Waals surface area contributed by atoms with E-state index in [0.717, 1.165) is 11.0 Å². The quantitative estimate of drug-likeness (QED) is 0.594. The van der Waals surface area contributed by atoms with Gasteiger partial charge in [-0.2, -0.15) is 0 Å². The molecule has 0 radical (unpaired) electrons. The number of hydrogen-bond acceptors (Lipinski definition) is 3. The lowest BCUT2D eigenvalue weighted by atomic mass is 9.82. The lowest BCUT2D eigenvalue weighted by molar-refractivity contribution is -0.133. The number of urea groups is 1. The smallest absolute Gasteiger partial charge is 0.324 e. The number of halogens is 2. The largest absolute Gasteiger partial charge is 0.326 e. The van der Waals surface area contributed by atoms with Crippen molar-refractivity contribution in [3.05, 3.63) is 101 Å². The molecule has 1 saturated heterocycles. The summed E-state index contributed by atoms with van der Waals surface area (Å²) in [6, 6.07) is 20.7. The van der Waals surface area contributed by atoms with Crippen LogP contribution in [0.3, 0.4) is 0 Å². The van der Waals surface area contributed by atoms with Crippen molar-refractivity contribution in [2.45, 2.75) is 5.54 Å². The van der Waals surface area contributed by atoms with Gasteiger partial charge in [-0.15, -0.1) is 0 Å². The Hall–Kier alpha value is -3.71. The third-order valence-corrected chi connectivity index (χ3v) is 5.31. The molecule has 6 nitrogen and oxygen atoms in total. The standard InChI is InChI=1S/C23H17ClFN3O3/c24-18-13-17(11-12-19(18)25)26-20(29)14-28-21(30)23(27-22(28)31,15-7-3-1-4-8-15)16-9-5-2-6-10-16/h1-13H,14H2,(H,26,29)(H,27,31). The monoisotopic (exact) mass is 437 g/mol. The van der Waals surface area contributed by atoms with E-state index in [1.54, 1.807) is 48.5 Å². The van der Waals surface area contributed by atoms with Crippen LogP contribution in [-0.2, 0) is 15.1 Å². The Bertz CT molecular complexity index is 1120. The molecule has 1 fully saturated rings. The van der Waals surface area contributed by atoms with E-state index in [9.17, 15) is 18.8 Å². The van der Waals surface area contributed by atoms with Gasteiger partial charge in [-0.3, -0.25) is 14.5 Å². The zero-order valence-corrected chi connectivity index (χ0v) is 16.9. The van der Waals surface area contributed by atoms with Crippen LogP contribution in [0.1, 0.15) is 11.1 Å². The first-order chi connectivity index (χ1) is 14.9. The minimum atomic E-state index is -1.45. The topological polar surface area (TPSA) is 78.5 Å². The first-order valence-corrected chi connectivity index (χ1v) is 9.79. The van der Waals surface area contributed by atoms with Crippen molar-refractivity contribution in [3.63, 3.8) is 0 Å².